The van der Waals surface area contributed by atoms with E-state index in [-0.39, 0.29) is 5.82 Å². The van der Waals surface area contributed by atoms with Gasteiger partial charge in [0.15, 0.2) is 5.05 Å². The van der Waals surface area contributed by atoms with E-state index in [9.17, 15) is 4.39 Å². The molecule has 0 aliphatic rings. The molecule has 0 saturated carbocycles. The summed E-state index contributed by atoms with van der Waals surface area (Å²) < 4.78 is 17.4. The van der Waals surface area contributed by atoms with E-state index in [0.717, 1.165) is 5.56 Å². The van der Waals surface area contributed by atoms with Gasteiger partial charge in [0, 0.05) is 11.4 Å². The van der Waals surface area contributed by atoms with E-state index in [1.165, 1.54) is 19.2 Å². The summed E-state index contributed by atoms with van der Waals surface area (Å²) in [4.78, 5) is 0. The molecule has 1 aromatic rings. The van der Waals surface area contributed by atoms with Gasteiger partial charge in [-0.2, -0.15) is 0 Å². The lowest BCUT2D eigenvalue weighted by atomic mass is 10.1. The predicted octanol–water partition coefficient (Wildman–Crippen LogP) is 3.00. The molecule has 0 aliphatic carbocycles. The molecule has 0 spiro atoms. The number of benzene rings is 1. The molecule has 0 atom stereocenters. The lowest BCUT2D eigenvalue weighted by Crippen LogP contribution is -2.02. The zero-order valence-electron chi connectivity index (χ0n) is 7.01. The number of rotatable bonds is 2. The van der Waals surface area contributed by atoms with Crippen molar-refractivity contribution in [1.82, 2.24) is 0 Å². The highest BCUT2D eigenvalue weighted by Crippen LogP contribution is 2.18. The summed E-state index contributed by atoms with van der Waals surface area (Å²) in [5.74, 6) is -0.350. The minimum atomic E-state index is -0.350. The molecule has 70 valence electrons. The zero-order valence-corrected chi connectivity index (χ0v) is 8.58. The van der Waals surface area contributed by atoms with Crippen molar-refractivity contribution in [3.8, 4) is 0 Å². The Labute approximate surface area is 86.5 Å². The van der Waals surface area contributed by atoms with Crippen LogP contribution in [0.2, 0.25) is 5.02 Å². The molecule has 0 aromatic heterocycles. The van der Waals surface area contributed by atoms with Crippen LogP contribution in [0.25, 0.3) is 0 Å². The van der Waals surface area contributed by atoms with Gasteiger partial charge in [0.2, 0.25) is 0 Å². The normalized spacial score (nSPS) is 9.77. The number of hydrogen-bond donors (Lipinski definition) is 0. The first-order chi connectivity index (χ1) is 6.13. The number of methoxy groups -OCH3 is 1. The van der Waals surface area contributed by atoms with Crippen LogP contribution in [0.15, 0.2) is 18.2 Å². The van der Waals surface area contributed by atoms with E-state index in [1.807, 2.05) is 0 Å². The Morgan fingerprint density at radius 3 is 2.85 bits per heavy atom. The zero-order chi connectivity index (χ0) is 9.84. The van der Waals surface area contributed by atoms with Crippen LogP contribution in [0.1, 0.15) is 5.56 Å². The van der Waals surface area contributed by atoms with Crippen LogP contribution >= 0.6 is 23.8 Å². The minimum Gasteiger partial charge on any atom is -0.490 e. The smallest absolute Gasteiger partial charge is 0.163 e. The topological polar surface area (TPSA) is 9.23 Å². The van der Waals surface area contributed by atoms with Gasteiger partial charge in [0.1, 0.15) is 5.82 Å². The summed E-state index contributed by atoms with van der Waals surface area (Å²) in [6.45, 7) is 0. The van der Waals surface area contributed by atoms with Crippen molar-refractivity contribution >= 4 is 28.9 Å². The van der Waals surface area contributed by atoms with Crippen molar-refractivity contribution < 1.29 is 9.13 Å². The number of hydrogen-bond acceptors (Lipinski definition) is 2. The van der Waals surface area contributed by atoms with Gasteiger partial charge >= 0.3 is 0 Å². The Bertz CT molecular complexity index is 327. The monoisotopic (exact) mass is 218 g/mol. The maximum Gasteiger partial charge on any atom is 0.163 e. The highest BCUT2D eigenvalue weighted by molar-refractivity contribution is 7.80. The molecular weight excluding hydrogens is 211 g/mol. The van der Waals surface area contributed by atoms with E-state index in [0.29, 0.717) is 16.5 Å². The van der Waals surface area contributed by atoms with Gasteiger partial charge in [0.05, 0.1) is 7.11 Å². The van der Waals surface area contributed by atoms with Crippen LogP contribution in [-0.2, 0) is 11.2 Å². The predicted molar refractivity (Wildman–Crippen MR) is 54.7 cm³/mol. The van der Waals surface area contributed by atoms with Crippen molar-refractivity contribution in [2.24, 2.45) is 0 Å². The Morgan fingerprint density at radius 1 is 1.62 bits per heavy atom. The molecule has 0 bridgehead atoms. The van der Waals surface area contributed by atoms with E-state index in [2.05, 4.69) is 0 Å². The van der Waals surface area contributed by atoms with Gasteiger partial charge in [-0.1, -0.05) is 17.7 Å². The second kappa shape index (κ2) is 4.53. The van der Waals surface area contributed by atoms with Crippen molar-refractivity contribution in [2.45, 2.75) is 6.42 Å². The van der Waals surface area contributed by atoms with Crippen LogP contribution in [0.3, 0.4) is 0 Å². The minimum absolute atomic E-state index is 0.350. The Hall–Kier alpha value is -0.670. The molecule has 0 unspecified atom stereocenters. The van der Waals surface area contributed by atoms with Crippen LogP contribution in [-0.4, -0.2) is 12.2 Å². The van der Waals surface area contributed by atoms with Gasteiger partial charge in [-0.25, -0.2) is 4.39 Å². The highest BCUT2D eigenvalue weighted by Gasteiger charge is 2.04. The fourth-order valence-corrected chi connectivity index (χ4v) is 1.28. The van der Waals surface area contributed by atoms with E-state index >= 15 is 0 Å². The first-order valence-corrected chi connectivity index (χ1v) is 4.43. The van der Waals surface area contributed by atoms with Gasteiger partial charge in [-0.15, -0.1) is 0 Å². The van der Waals surface area contributed by atoms with Crippen molar-refractivity contribution in [2.75, 3.05) is 7.11 Å². The molecule has 0 saturated heterocycles. The molecule has 0 heterocycles. The number of thiocarbonyl (C=S) groups is 1. The summed E-state index contributed by atoms with van der Waals surface area (Å²) in [6.07, 6.45) is 0.435. The van der Waals surface area contributed by atoms with Crippen LogP contribution in [0, 0.1) is 5.82 Å². The van der Waals surface area contributed by atoms with Gasteiger partial charge in [-0.05, 0) is 29.9 Å². The van der Waals surface area contributed by atoms with Crippen molar-refractivity contribution in [3.63, 3.8) is 0 Å². The Morgan fingerprint density at radius 2 is 2.31 bits per heavy atom. The van der Waals surface area contributed by atoms with Crippen molar-refractivity contribution in [1.29, 1.82) is 0 Å². The van der Waals surface area contributed by atoms with Crippen LogP contribution < -0.4 is 0 Å². The van der Waals surface area contributed by atoms with Gasteiger partial charge in [0.25, 0.3) is 0 Å². The lowest BCUT2D eigenvalue weighted by Gasteiger charge is -2.04. The third kappa shape index (κ3) is 2.94. The molecule has 0 amide bonds. The summed E-state index contributed by atoms with van der Waals surface area (Å²) in [5, 5.41) is 0.813. The Balaban J connectivity index is 2.83. The molecule has 0 radical (unpaired) electrons. The maximum atomic E-state index is 12.6. The molecule has 4 heteroatoms. The van der Waals surface area contributed by atoms with Crippen molar-refractivity contribution in [3.05, 3.63) is 34.6 Å². The Kier molecular flexibility index (Phi) is 3.63. The average Bonchev–Trinajstić information content (AvgIpc) is 2.09. The molecule has 1 rings (SSSR count). The lowest BCUT2D eigenvalue weighted by molar-refractivity contribution is 0.406. The van der Waals surface area contributed by atoms with E-state index in [4.69, 9.17) is 28.6 Å². The summed E-state index contributed by atoms with van der Waals surface area (Å²) in [6, 6.07) is 4.21. The molecule has 13 heavy (non-hydrogen) atoms. The van der Waals surface area contributed by atoms with E-state index < -0.39 is 0 Å². The van der Waals surface area contributed by atoms with Gasteiger partial charge < -0.3 is 4.74 Å². The molecule has 0 aliphatic heterocycles. The summed E-state index contributed by atoms with van der Waals surface area (Å²) in [7, 11) is 1.50. The second-order valence-corrected chi connectivity index (χ2v) is 3.35. The third-order valence-corrected chi connectivity index (χ3v) is 2.24. The van der Waals surface area contributed by atoms with Crippen LogP contribution in [0.4, 0.5) is 4.39 Å². The van der Waals surface area contributed by atoms with Gasteiger partial charge in [-0.3, -0.25) is 0 Å². The fourth-order valence-electron chi connectivity index (χ4n) is 0.893. The standard InChI is InChI=1S/C9H8ClFOS/c1-12-9(13)4-6-2-3-7(11)5-8(6)10/h2-3,5H,4H2,1H3. The molecule has 0 N–H and O–H groups in total. The molecule has 1 aromatic carbocycles. The average molecular weight is 219 g/mol. The quantitative estimate of drug-likeness (QED) is 0.706. The number of ether oxygens (including phenoxy) is 1. The van der Waals surface area contributed by atoms with Crippen LogP contribution in [0.5, 0.6) is 0 Å². The third-order valence-electron chi connectivity index (χ3n) is 1.58. The largest absolute Gasteiger partial charge is 0.490 e. The SMILES string of the molecule is COC(=S)Cc1ccc(F)cc1Cl. The highest BCUT2D eigenvalue weighted by atomic mass is 35.5. The number of halogens is 2. The summed E-state index contributed by atoms with van der Waals surface area (Å²) >= 11 is 10.6. The van der Waals surface area contributed by atoms with E-state index in [1.54, 1.807) is 6.07 Å². The maximum absolute atomic E-state index is 12.6. The summed E-state index contributed by atoms with van der Waals surface area (Å²) in [5.41, 5.74) is 0.773. The second-order valence-electron chi connectivity index (χ2n) is 2.49. The first kappa shape index (κ1) is 10.4. The fraction of sp³-hybridized carbons (Fsp3) is 0.222. The molecule has 0 fully saturated rings. The molecule has 1 nitrogen and oxygen atoms in total. The molecular formula is C9H8ClFOS. The first-order valence-electron chi connectivity index (χ1n) is 3.64.